The van der Waals surface area contributed by atoms with Gasteiger partial charge in [0.25, 0.3) is 0 Å². The molecule has 0 amide bonds. The number of carboxylic acid groups (broad SMARTS) is 1. The molecule has 4 heteroatoms. The highest BCUT2D eigenvalue weighted by Gasteiger charge is 2.16. The van der Waals surface area contributed by atoms with Gasteiger partial charge in [-0.2, -0.15) is 0 Å². The van der Waals surface area contributed by atoms with E-state index in [1.807, 2.05) is 0 Å². The number of thiazole rings is 1. The fraction of sp³-hybridized carbons (Fsp3) is 0.429. The van der Waals surface area contributed by atoms with Gasteiger partial charge in [0, 0.05) is 5.92 Å². The van der Waals surface area contributed by atoms with E-state index in [2.05, 4.69) is 32.7 Å². The molecule has 0 bridgehead atoms. The van der Waals surface area contributed by atoms with Crippen molar-refractivity contribution in [2.24, 2.45) is 0 Å². The van der Waals surface area contributed by atoms with Gasteiger partial charge in [-0.1, -0.05) is 27.7 Å². The van der Waals surface area contributed by atoms with Gasteiger partial charge in [-0.25, -0.2) is 9.78 Å². The number of carbonyl (C=O) groups is 1. The molecule has 0 fully saturated rings. The summed E-state index contributed by atoms with van der Waals surface area (Å²) in [5.41, 5.74) is 2.34. The van der Waals surface area contributed by atoms with E-state index in [9.17, 15) is 4.79 Å². The Morgan fingerprint density at radius 3 is 2.39 bits per heavy atom. The minimum absolute atomic E-state index is 0.272. The first kappa shape index (κ1) is 13.0. The number of aromatic nitrogens is 1. The van der Waals surface area contributed by atoms with E-state index in [0.717, 1.165) is 20.8 Å². The molecule has 1 N–H and O–H groups in total. The van der Waals surface area contributed by atoms with Crippen LogP contribution < -0.4 is 0 Å². The first-order valence-corrected chi connectivity index (χ1v) is 6.89. The smallest absolute Gasteiger partial charge is 0.335 e. The van der Waals surface area contributed by atoms with Gasteiger partial charge in [0.2, 0.25) is 0 Å². The van der Waals surface area contributed by atoms with E-state index in [4.69, 9.17) is 5.11 Å². The molecule has 0 spiro atoms. The molecular formula is C14H17NO2S. The maximum Gasteiger partial charge on any atom is 0.335 e. The second-order valence-corrected chi connectivity index (χ2v) is 6.14. The lowest BCUT2D eigenvalue weighted by atomic mass is 9.99. The SMILES string of the molecule is CC(C)c1nc2c(C(C)C)cc(C(=O)O)cc2s1. The Morgan fingerprint density at radius 1 is 1.22 bits per heavy atom. The van der Waals surface area contributed by atoms with Crippen molar-refractivity contribution in [3.05, 3.63) is 28.3 Å². The minimum atomic E-state index is -0.877. The number of aromatic carboxylic acids is 1. The fourth-order valence-corrected chi connectivity index (χ4v) is 2.93. The van der Waals surface area contributed by atoms with Crippen molar-refractivity contribution in [3.8, 4) is 0 Å². The van der Waals surface area contributed by atoms with Gasteiger partial charge in [-0.05, 0) is 23.6 Å². The van der Waals surface area contributed by atoms with Crippen LogP contribution in [-0.2, 0) is 0 Å². The van der Waals surface area contributed by atoms with Gasteiger partial charge in [-0.3, -0.25) is 0 Å². The van der Waals surface area contributed by atoms with E-state index in [1.54, 1.807) is 23.5 Å². The predicted octanol–water partition coefficient (Wildman–Crippen LogP) is 4.24. The molecule has 0 atom stereocenters. The fourth-order valence-electron chi connectivity index (χ4n) is 1.88. The number of nitrogens with zero attached hydrogens (tertiary/aromatic N) is 1. The number of hydrogen-bond donors (Lipinski definition) is 1. The molecule has 18 heavy (non-hydrogen) atoms. The number of benzene rings is 1. The lowest BCUT2D eigenvalue weighted by Crippen LogP contribution is -1.99. The highest BCUT2D eigenvalue weighted by molar-refractivity contribution is 7.18. The first-order chi connectivity index (χ1) is 8.40. The van der Waals surface area contributed by atoms with Crippen molar-refractivity contribution < 1.29 is 9.90 Å². The third kappa shape index (κ3) is 2.25. The first-order valence-electron chi connectivity index (χ1n) is 6.07. The zero-order valence-corrected chi connectivity index (χ0v) is 11.8. The van der Waals surface area contributed by atoms with E-state index in [0.29, 0.717) is 11.5 Å². The largest absolute Gasteiger partial charge is 0.478 e. The summed E-state index contributed by atoms with van der Waals surface area (Å²) in [5, 5.41) is 10.2. The van der Waals surface area contributed by atoms with Crippen molar-refractivity contribution in [2.45, 2.75) is 39.5 Å². The Balaban J connectivity index is 2.73. The van der Waals surface area contributed by atoms with Gasteiger partial charge < -0.3 is 5.11 Å². The molecule has 96 valence electrons. The van der Waals surface area contributed by atoms with Gasteiger partial charge in [0.05, 0.1) is 20.8 Å². The van der Waals surface area contributed by atoms with Crippen molar-refractivity contribution in [1.29, 1.82) is 0 Å². The Kier molecular flexibility index (Phi) is 3.39. The Morgan fingerprint density at radius 2 is 1.89 bits per heavy atom. The molecule has 2 rings (SSSR count). The van der Waals surface area contributed by atoms with Crippen LogP contribution in [0.25, 0.3) is 10.2 Å². The number of carboxylic acids is 1. The quantitative estimate of drug-likeness (QED) is 0.901. The molecule has 0 aliphatic heterocycles. The summed E-state index contributed by atoms with van der Waals surface area (Å²) in [6.45, 7) is 8.33. The maximum absolute atomic E-state index is 11.1. The van der Waals surface area contributed by atoms with E-state index >= 15 is 0 Å². The van der Waals surface area contributed by atoms with Gasteiger partial charge in [0.1, 0.15) is 0 Å². The maximum atomic E-state index is 11.1. The summed E-state index contributed by atoms with van der Waals surface area (Å²) >= 11 is 1.59. The average molecular weight is 263 g/mol. The number of fused-ring (bicyclic) bond motifs is 1. The van der Waals surface area contributed by atoms with E-state index in [1.165, 1.54) is 0 Å². The Labute approximate surface area is 110 Å². The second-order valence-electron chi connectivity index (χ2n) is 5.08. The molecule has 0 aliphatic carbocycles. The zero-order valence-electron chi connectivity index (χ0n) is 11.0. The zero-order chi connectivity index (χ0) is 13.4. The van der Waals surface area contributed by atoms with Crippen LogP contribution in [0.15, 0.2) is 12.1 Å². The molecule has 1 heterocycles. The van der Waals surface area contributed by atoms with Crippen LogP contribution in [0.5, 0.6) is 0 Å². The Bertz CT molecular complexity index is 599. The van der Waals surface area contributed by atoms with Crippen LogP contribution in [0, 0.1) is 0 Å². The third-order valence-electron chi connectivity index (χ3n) is 2.90. The number of rotatable bonds is 3. The van der Waals surface area contributed by atoms with Crippen molar-refractivity contribution in [2.75, 3.05) is 0 Å². The summed E-state index contributed by atoms with van der Waals surface area (Å²) in [4.78, 5) is 15.8. The molecule has 0 unspecified atom stereocenters. The van der Waals surface area contributed by atoms with Crippen LogP contribution in [0.2, 0.25) is 0 Å². The molecule has 1 aromatic carbocycles. The van der Waals surface area contributed by atoms with Crippen LogP contribution in [0.1, 0.15) is 60.5 Å². The van der Waals surface area contributed by atoms with Gasteiger partial charge >= 0.3 is 5.97 Å². The van der Waals surface area contributed by atoms with Gasteiger partial charge in [-0.15, -0.1) is 11.3 Å². The average Bonchev–Trinajstić information content (AvgIpc) is 2.70. The molecule has 0 radical (unpaired) electrons. The Hall–Kier alpha value is -1.42. The summed E-state index contributed by atoms with van der Waals surface area (Å²) in [6, 6.07) is 3.48. The summed E-state index contributed by atoms with van der Waals surface area (Å²) in [6.07, 6.45) is 0. The van der Waals surface area contributed by atoms with Crippen LogP contribution >= 0.6 is 11.3 Å². The topological polar surface area (TPSA) is 50.2 Å². The molecular weight excluding hydrogens is 246 g/mol. The van der Waals surface area contributed by atoms with Crippen molar-refractivity contribution in [3.63, 3.8) is 0 Å². The minimum Gasteiger partial charge on any atom is -0.478 e. The molecule has 2 aromatic rings. The lowest BCUT2D eigenvalue weighted by molar-refractivity contribution is 0.0697. The van der Waals surface area contributed by atoms with Gasteiger partial charge in [0.15, 0.2) is 0 Å². The predicted molar refractivity (Wildman–Crippen MR) is 74.8 cm³/mol. The number of hydrogen-bond acceptors (Lipinski definition) is 3. The monoisotopic (exact) mass is 263 g/mol. The highest BCUT2D eigenvalue weighted by atomic mass is 32.1. The van der Waals surface area contributed by atoms with Crippen molar-refractivity contribution >= 4 is 27.5 Å². The molecule has 1 aromatic heterocycles. The molecule has 0 aliphatic rings. The lowest BCUT2D eigenvalue weighted by Gasteiger charge is -2.07. The van der Waals surface area contributed by atoms with Crippen LogP contribution in [0.4, 0.5) is 0 Å². The summed E-state index contributed by atoms with van der Waals surface area (Å²) < 4.78 is 0.974. The second kappa shape index (κ2) is 4.69. The molecule has 3 nitrogen and oxygen atoms in total. The highest BCUT2D eigenvalue weighted by Crippen LogP contribution is 2.33. The normalized spacial score (nSPS) is 11.7. The molecule has 0 saturated carbocycles. The van der Waals surface area contributed by atoms with E-state index < -0.39 is 5.97 Å². The van der Waals surface area contributed by atoms with Crippen molar-refractivity contribution in [1.82, 2.24) is 4.98 Å². The van der Waals surface area contributed by atoms with Crippen LogP contribution in [0.3, 0.4) is 0 Å². The summed E-state index contributed by atoms with van der Waals surface area (Å²) in [5.74, 6) is -0.233. The third-order valence-corrected chi connectivity index (χ3v) is 4.21. The summed E-state index contributed by atoms with van der Waals surface area (Å²) in [7, 11) is 0. The molecule has 0 saturated heterocycles. The van der Waals surface area contributed by atoms with E-state index in [-0.39, 0.29) is 5.92 Å². The van der Waals surface area contributed by atoms with Crippen LogP contribution in [-0.4, -0.2) is 16.1 Å². The standard InChI is InChI=1S/C14H17NO2S/c1-7(2)10-5-9(14(16)17)6-11-12(10)15-13(18-11)8(3)4/h5-8H,1-4H3,(H,16,17).